The maximum atomic E-state index is 12.3. The van der Waals surface area contributed by atoms with E-state index < -0.39 is 18.0 Å². The number of nitrogens with zero attached hydrogens (tertiary/aromatic N) is 1. The summed E-state index contributed by atoms with van der Waals surface area (Å²) < 4.78 is 5.25. The second-order valence-electron chi connectivity index (χ2n) is 7.29. The highest BCUT2D eigenvalue weighted by atomic mass is 16.5. The second-order valence-corrected chi connectivity index (χ2v) is 7.29. The summed E-state index contributed by atoms with van der Waals surface area (Å²) >= 11 is 0. The quantitative estimate of drug-likeness (QED) is 0.561. The molecule has 1 fully saturated rings. The molecule has 156 valence electrons. The van der Waals surface area contributed by atoms with Crippen LogP contribution >= 0.6 is 0 Å². The van der Waals surface area contributed by atoms with Crippen molar-refractivity contribution in [3.8, 4) is 0 Å². The van der Waals surface area contributed by atoms with Gasteiger partial charge in [0.25, 0.3) is 5.91 Å². The lowest BCUT2D eigenvalue weighted by Crippen LogP contribution is -2.30. The van der Waals surface area contributed by atoms with Crippen molar-refractivity contribution in [2.45, 2.75) is 39.3 Å². The van der Waals surface area contributed by atoms with Crippen molar-refractivity contribution in [3.05, 3.63) is 65.2 Å². The number of ketones is 1. The first-order valence-electron chi connectivity index (χ1n) is 9.83. The van der Waals surface area contributed by atoms with Gasteiger partial charge in [0.15, 0.2) is 11.9 Å². The molecule has 1 atom stereocenters. The van der Waals surface area contributed by atoms with E-state index in [1.807, 2.05) is 0 Å². The Bertz CT molecular complexity index is 951. The van der Waals surface area contributed by atoms with Gasteiger partial charge in [0.2, 0.25) is 5.91 Å². The Labute approximate surface area is 175 Å². The molecule has 2 amide bonds. The molecular weight excluding hydrogens is 384 g/mol. The van der Waals surface area contributed by atoms with Crippen LogP contribution in [0.3, 0.4) is 0 Å². The van der Waals surface area contributed by atoms with Gasteiger partial charge in [-0.1, -0.05) is 12.1 Å². The molecule has 0 spiro atoms. The third-order valence-electron chi connectivity index (χ3n) is 4.95. The van der Waals surface area contributed by atoms with E-state index in [2.05, 4.69) is 5.32 Å². The van der Waals surface area contributed by atoms with Crippen LogP contribution in [0.5, 0.6) is 0 Å². The number of anilines is 1. The number of likely N-dealkylation sites (tertiary alicyclic amines) is 1. The number of ether oxygens (including phenoxy) is 1. The van der Waals surface area contributed by atoms with E-state index in [0.717, 1.165) is 18.5 Å². The van der Waals surface area contributed by atoms with E-state index in [4.69, 9.17) is 4.74 Å². The van der Waals surface area contributed by atoms with Crippen molar-refractivity contribution < 1.29 is 23.9 Å². The number of hydrogen-bond acceptors (Lipinski definition) is 5. The largest absolute Gasteiger partial charge is 0.449 e. The maximum Gasteiger partial charge on any atom is 0.338 e. The Morgan fingerprint density at radius 2 is 1.67 bits per heavy atom. The Morgan fingerprint density at radius 3 is 2.23 bits per heavy atom. The standard InChI is InChI=1S/C23H24N2O5/c1-15(26)18-9-11-20(12-10-18)24-22(28)16(2)30-23(29)19-7-5-17(6-8-19)14-25-13-3-4-21(25)27/h5-12,16H,3-4,13-14H2,1-2H3,(H,24,28)/t16-/m0/s1. The van der Waals surface area contributed by atoms with Gasteiger partial charge in [-0.05, 0) is 62.2 Å². The number of rotatable bonds is 7. The fourth-order valence-electron chi connectivity index (χ4n) is 3.15. The van der Waals surface area contributed by atoms with Crippen molar-refractivity contribution in [2.24, 2.45) is 0 Å². The number of nitrogens with one attached hydrogen (secondary N) is 1. The van der Waals surface area contributed by atoms with E-state index >= 15 is 0 Å². The zero-order valence-electron chi connectivity index (χ0n) is 17.0. The normalized spacial score (nSPS) is 14.3. The number of Topliss-reactive ketones (excluding diaryl/α,β-unsaturated/α-hetero) is 1. The smallest absolute Gasteiger partial charge is 0.338 e. The van der Waals surface area contributed by atoms with Crippen LogP contribution in [0.2, 0.25) is 0 Å². The zero-order chi connectivity index (χ0) is 21.7. The number of hydrogen-bond donors (Lipinski definition) is 1. The van der Waals surface area contributed by atoms with E-state index in [-0.39, 0.29) is 11.7 Å². The van der Waals surface area contributed by atoms with Gasteiger partial charge in [0.05, 0.1) is 5.56 Å². The Morgan fingerprint density at radius 1 is 1.03 bits per heavy atom. The molecule has 30 heavy (non-hydrogen) atoms. The van der Waals surface area contributed by atoms with Gasteiger partial charge >= 0.3 is 5.97 Å². The summed E-state index contributed by atoms with van der Waals surface area (Å²) in [4.78, 5) is 49.4. The summed E-state index contributed by atoms with van der Waals surface area (Å²) in [6, 6.07) is 13.3. The third kappa shape index (κ3) is 5.31. The molecule has 0 aliphatic carbocycles. The van der Waals surface area contributed by atoms with Crippen LogP contribution in [0.1, 0.15) is 53.0 Å². The molecule has 7 nitrogen and oxygen atoms in total. The van der Waals surface area contributed by atoms with Crippen LogP contribution in [0.4, 0.5) is 5.69 Å². The molecular formula is C23H24N2O5. The minimum atomic E-state index is -0.994. The summed E-state index contributed by atoms with van der Waals surface area (Å²) in [6.07, 6.45) is 0.474. The van der Waals surface area contributed by atoms with Gasteiger partial charge in [-0.3, -0.25) is 14.4 Å². The predicted molar refractivity (Wildman–Crippen MR) is 111 cm³/mol. The van der Waals surface area contributed by atoms with Crippen molar-refractivity contribution in [3.63, 3.8) is 0 Å². The summed E-state index contributed by atoms with van der Waals surface area (Å²) in [5, 5.41) is 2.65. The number of benzene rings is 2. The Balaban J connectivity index is 1.53. The second kappa shape index (κ2) is 9.35. The van der Waals surface area contributed by atoms with Crippen LogP contribution in [0.15, 0.2) is 48.5 Å². The molecule has 0 unspecified atom stereocenters. The van der Waals surface area contributed by atoms with Crippen molar-refractivity contribution in [2.75, 3.05) is 11.9 Å². The van der Waals surface area contributed by atoms with Crippen LogP contribution in [0, 0.1) is 0 Å². The minimum Gasteiger partial charge on any atom is -0.449 e. The highest BCUT2D eigenvalue weighted by Gasteiger charge is 2.21. The van der Waals surface area contributed by atoms with Gasteiger partial charge in [0, 0.05) is 30.8 Å². The number of carbonyl (C=O) groups is 4. The van der Waals surface area contributed by atoms with Crippen molar-refractivity contribution in [1.29, 1.82) is 0 Å². The molecule has 1 saturated heterocycles. The highest BCUT2D eigenvalue weighted by molar-refractivity contribution is 5.98. The predicted octanol–water partition coefficient (Wildman–Crippen LogP) is 3.20. The summed E-state index contributed by atoms with van der Waals surface area (Å²) in [6.45, 7) is 4.24. The summed E-state index contributed by atoms with van der Waals surface area (Å²) in [5.74, 6) is -0.987. The fourth-order valence-corrected chi connectivity index (χ4v) is 3.15. The topological polar surface area (TPSA) is 92.8 Å². The third-order valence-corrected chi connectivity index (χ3v) is 4.95. The average Bonchev–Trinajstić information content (AvgIpc) is 3.13. The van der Waals surface area contributed by atoms with Crippen molar-refractivity contribution >= 4 is 29.3 Å². The molecule has 2 aromatic rings. The van der Waals surface area contributed by atoms with Gasteiger partial charge in [-0.15, -0.1) is 0 Å². The number of amides is 2. The molecule has 0 saturated carbocycles. The van der Waals surface area contributed by atoms with Gasteiger partial charge in [-0.25, -0.2) is 4.79 Å². The summed E-state index contributed by atoms with van der Waals surface area (Å²) in [7, 11) is 0. The fraction of sp³-hybridized carbons (Fsp3) is 0.304. The minimum absolute atomic E-state index is 0.0618. The van der Waals surface area contributed by atoms with Crippen LogP contribution in [-0.4, -0.2) is 41.1 Å². The van der Waals surface area contributed by atoms with Crippen LogP contribution < -0.4 is 5.32 Å². The van der Waals surface area contributed by atoms with Gasteiger partial charge in [-0.2, -0.15) is 0 Å². The Kier molecular flexibility index (Phi) is 6.61. The summed E-state index contributed by atoms with van der Waals surface area (Å²) in [5.41, 5.74) is 2.32. The molecule has 2 aromatic carbocycles. The van der Waals surface area contributed by atoms with E-state index in [1.165, 1.54) is 13.8 Å². The molecule has 0 radical (unpaired) electrons. The first kappa shape index (κ1) is 21.2. The van der Waals surface area contributed by atoms with E-state index in [9.17, 15) is 19.2 Å². The molecule has 1 N–H and O–H groups in total. The van der Waals surface area contributed by atoms with E-state index in [1.54, 1.807) is 53.4 Å². The van der Waals surface area contributed by atoms with Crippen molar-refractivity contribution in [1.82, 2.24) is 4.90 Å². The lowest BCUT2D eigenvalue weighted by atomic mass is 10.1. The number of carbonyl (C=O) groups excluding carboxylic acids is 4. The number of esters is 1. The first-order chi connectivity index (χ1) is 14.3. The average molecular weight is 408 g/mol. The van der Waals surface area contributed by atoms with Crippen LogP contribution in [0.25, 0.3) is 0 Å². The monoisotopic (exact) mass is 408 g/mol. The first-order valence-corrected chi connectivity index (χ1v) is 9.83. The van der Waals surface area contributed by atoms with Gasteiger partial charge < -0.3 is 15.0 Å². The van der Waals surface area contributed by atoms with E-state index in [0.29, 0.717) is 29.8 Å². The molecule has 1 aliphatic heterocycles. The Hall–Kier alpha value is -3.48. The van der Waals surface area contributed by atoms with Crippen LogP contribution in [-0.2, 0) is 20.9 Å². The molecule has 3 rings (SSSR count). The zero-order valence-corrected chi connectivity index (χ0v) is 17.0. The lowest BCUT2D eigenvalue weighted by molar-refractivity contribution is -0.128. The molecule has 0 bridgehead atoms. The molecule has 0 aromatic heterocycles. The molecule has 1 heterocycles. The molecule has 1 aliphatic rings. The maximum absolute atomic E-state index is 12.3. The molecule has 7 heteroatoms. The highest BCUT2D eigenvalue weighted by Crippen LogP contribution is 2.16. The van der Waals surface area contributed by atoms with Gasteiger partial charge in [0.1, 0.15) is 0 Å². The lowest BCUT2D eigenvalue weighted by Gasteiger charge is -2.16. The SMILES string of the molecule is CC(=O)c1ccc(NC(=O)[C@H](C)OC(=O)c2ccc(CN3CCCC3=O)cc2)cc1.